The van der Waals surface area contributed by atoms with Gasteiger partial charge in [-0.2, -0.15) is 11.8 Å². The summed E-state index contributed by atoms with van der Waals surface area (Å²) in [5, 5.41) is 3.86. The van der Waals surface area contributed by atoms with Gasteiger partial charge < -0.3 is 11.1 Å². The Bertz CT molecular complexity index is 396. The lowest BCUT2D eigenvalue weighted by Gasteiger charge is -2.09. The van der Waals surface area contributed by atoms with Crippen LogP contribution in [0.25, 0.3) is 0 Å². The van der Waals surface area contributed by atoms with Crippen LogP contribution in [0.2, 0.25) is 5.02 Å². The Hall–Kier alpha value is -0.870. The summed E-state index contributed by atoms with van der Waals surface area (Å²) in [7, 11) is 0. The van der Waals surface area contributed by atoms with E-state index < -0.39 is 0 Å². The average molecular weight is 273 g/mol. The molecular formula is C12H17ClN2OS. The lowest BCUT2D eigenvalue weighted by molar-refractivity contribution is -0.115. The first-order chi connectivity index (χ1) is 7.99. The van der Waals surface area contributed by atoms with Gasteiger partial charge in [-0.25, -0.2) is 0 Å². The summed E-state index contributed by atoms with van der Waals surface area (Å²) in [5.41, 5.74) is 6.84. The van der Waals surface area contributed by atoms with E-state index in [9.17, 15) is 4.79 Å². The summed E-state index contributed by atoms with van der Waals surface area (Å²) >= 11 is 7.59. The Labute approximate surface area is 111 Å². The average Bonchev–Trinajstić information content (AvgIpc) is 2.23. The van der Waals surface area contributed by atoms with Gasteiger partial charge >= 0.3 is 0 Å². The molecule has 0 radical (unpaired) electrons. The number of nitrogen functional groups attached to an aromatic ring is 1. The molecule has 0 atom stereocenters. The van der Waals surface area contributed by atoms with E-state index in [2.05, 4.69) is 19.2 Å². The molecule has 0 unspecified atom stereocenters. The minimum Gasteiger partial charge on any atom is -0.397 e. The lowest BCUT2D eigenvalue weighted by Crippen LogP contribution is -2.13. The molecule has 94 valence electrons. The van der Waals surface area contributed by atoms with Crippen LogP contribution in [0.4, 0.5) is 11.4 Å². The van der Waals surface area contributed by atoms with Gasteiger partial charge in [-0.1, -0.05) is 25.4 Å². The monoisotopic (exact) mass is 272 g/mol. The largest absolute Gasteiger partial charge is 0.397 e. The van der Waals surface area contributed by atoms with Gasteiger partial charge in [-0.15, -0.1) is 0 Å². The second-order valence-electron chi connectivity index (χ2n) is 3.95. The molecule has 1 amide bonds. The summed E-state index contributed by atoms with van der Waals surface area (Å²) in [6, 6.07) is 5.03. The molecule has 3 N–H and O–H groups in total. The van der Waals surface area contributed by atoms with Crippen molar-refractivity contribution in [3.05, 3.63) is 23.2 Å². The fraction of sp³-hybridized carbons (Fsp3) is 0.417. The minimum atomic E-state index is -0.0351. The van der Waals surface area contributed by atoms with Crippen LogP contribution < -0.4 is 11.1 Å². The predicted octanol–water partition coefficient (Wildman–Crippen LogP) is 3.39. The minimum absolute atomic E-state index is 0.0351. The first kappa shape index (κ1) is 14.2. The highest BCUT2D eigenvalue weighted by atomic mass is 35.5. The fourth-order valence-electron chi connectivity index (χ4n) is 1.24. The molecule has 0 aromatic heterocycles. The third-order valence-corrected chi connectivity index (χ3v) is 3.41. The van der Waals surface area contributed by atoms with Gasteiger partial charge in [0.2, 0.25) is 5.91 Å². The van der Waals surface area contributed by atoms with Crippen molar-refractivity contribution in [3.8, 4) is 0 Å². The molecule has 0 spiro atoms. The molecule has 0 saturated carbocycles. The third kappa shape index (κ3) is 5.33. The van der Waals surface area contributed by atoms with Crippen molar-refractivity contribution in [2.75, 3.05) is 16.8 Å². The standard InChI is InChI=1S/C12H17ClN2OS/c1-8(2)17-6-5-12(16)15-11-7-9(13)3-4-10(11)14/h3-4,7-8H,5-6,14H2,1-2H3,(H,15,16). The van der Waals surface area contributed by atoms with Gasteiger partial charge in [0.1, 0.15) is 0 Å². The second kappa shape index (κ2) is 6.77. The first-order valence-electron chi connectivity index (χ1n) is 5.45. The number of anilines is 2. The molecule has 1 aromatic rings. The molecule has 0 saturated heterocycles. The first-order valence-corrected chi connectivity index (χ1v) is 6.88. The number of benzene rings is 1. The predicted molar refractivity (Wildman–Crippen MR) is 76.7 cm³/mol. The highest BCUT2D eigenvalue weighted by molar-refractivity contribution is 7.99. The number of halogens is 1. The van der Waals surface area contributed by atoms with Crippen molar-refractivity contribution >= 4 is 40.6 Å². The van der Waals surface area contributed by atoms with Gasteiger partial charge in [0.05, 0.1) is 11.4 Å². The van der Waals surface area contributed by atoms with Gasteiger partial charge in [0, 0.05) is 17.2 Å². The van der Waals surface area contributed by atoms with Crippen molar-refractivity contribution in [3.63, 3.8) is 0 Å². The van der Waals surface area contributed by atoms with E-state index in [0.29, 0.717) is 28.1 Å². The molecule has 0 aliphatic heterocycles. The van der Waals surface area contributed by atoms with Crippen molar-refractivity contribution in [1.29, 1.82) is 0 Å². The zero-order valence-electron chi connectivity index (χ0n) is 10.00. The molecule has 0 fully saturated rings. The van der Waals surface area contributed by atoms with Crippen LogP contribution in [-0.4, -0.2) is 16.9 Å². The summed E-state index contributed by atoms with van der Waals surface area (Å²) < 4.78 is 0. The Balaban J connectivity index is 2.47. The summed E-state index contributed by atoms with van der Waals surface area (Å²) in [6.45, 7) is 4.22. The van der Waals surface area contributed by atoms with Crippen molar-refractivity contribution in [1.82, 2.24) is 0 Å². The summed E-state index contributed by atoms with van der Waals surface area (Å²) in [4.78, 5) is 11.6. The molecule has 17 heavy (non-hydrogen) atoms. The molecule has 0 heterocycles. The van der Waals surface area contributed by atoms with Crippen LogP contribution in [0, 0.1) is 0 Å². The van der Waals surface area contributed by atoms with Crippen LogP contribution >= 0.6 is 23.4 Å². The van der Waals surface area contributed by atoms with Crippen molar-refractivity contribution in [2.24, 2.45) is 0 Å². The molecule has 1 aromatic carbocycles. The highest BCUT2D eigenvalue weighted by Crippen LogP contribution is 2.23. The Morgan fingerprint density at radius 1 is 1.53 bits per heavy atom. The smallest absolute Gasteiger partial charge is 0.225 e. The quantitative estimate of drug-likeness (QED) is 0.808. The van der Waals surface area contributed by atoms with Crippen LogP contribution in [0.5, 0.6) is 0 Å². The maximum Gasteiger partial charge on any atom is 0.225 e. The fourth-order valence-corrected chi connectivity index (χ4v) is 2.18. The molecule has 3 nitrogen and oxygen atoms in total. The van der Waals surface area contributed by atoms with Gasteiger partial charge in [-0.05, 0) is 23.4 Å². The maximum absolute atomic E-state index is 11.6. The van der Waals surface area contributed by atoms with E-state index in [-0.39, 0.29) is 5.91 Å². The molecule has 0 bridgehead atoms. The van der Waals surface area contributed by atoms with Gasteiger partial charge in [-0.3, -0.25) is 4.79 Å². The van der Waals surface area contributed by atoms with Crippen LogP contribution in [0.1, 0.15) is 20.3 Å². The van der Waals surface area contributed by atoms with Crippen molar-refractivity contribution in [2.45, 2.75) is 25.5 Å². The molecule has 5 heteroatoms. The zero-order chi connectivity index (χ0) is 12.8. The lowest BCUT2D eigenvalue weighted by atomic mass is 10.2. The molecule has 1 rings (SSSR count). The Morgan fingerprint density at radius 2 is 2.24 bits per heavy atom. The zero-order valence-corrected chi connectivity index (χ0v) is 11.6. The topological polar surface area (TPSA) is 55.1 Å². The number of carbonyl (C=O) groups is 1. The number of rotatable bonds is 5. The summed E-state index contributed by atoms with van der Waals surface area (Å²) in [5.74, 6) is 0.774. The molecular weight excluding hydrogens is 256 g/mol. The van der Waals surface area contributed by atoms with Crippen LogP contribution in [-0.2, 0) is 4.79 Å². The Kier molecular flexibility index (Phi) is 5.65. The number of nitrogens with one attached hydrogen (secondary N) is 1. The van der Waals surface area contributed by atoms with E-state index in [0.717, 1.165) is 5.75 Å². The van der Waals surface area contributed by atoms with E-state index in [1.54, 1.807) is 30.0 Å². The number of amides is 1. The van der Waals surface area contributed by atoms with E-state index in [1.807, 2.05) is 0 Å². The van der Waals surface area contributed by atoms with Gasteiger partial charge in [0.25, 0.3) is 0 Å². The third-order valence-electron chi connectivity index (χ3n) is 2.07. The SMILES string of the molecule is CC(C)SCCC(=O)Nc1cc(Cl)ccc1N. The Morgan fingerprint density at radius 3 is 2.88 bits per heavy atom. The normalized spacial score (nSPS) is 10.6. The second-order valence-corrected chi connectivity index (χ2v) is 6.07. The maximum atomic E-state index is 11.6. The van der Waals surface area contributed by atoms with E-state index >= 15 is 0 Å². The number of hydrogen-bond donors (Lipinski definition) is 2. The van der Waals surface area contributed by atoms with Crippen LogP contribution in [0.3, 0.4) is 0 Å². The van der Waals surface area contributed by atoms with Gasteiger partial charge in [0.15, 0.2) is 0 Å². The molecule has 0 aliphatic rings. The number of carbonyl (C=O) groups excluding carboxylic acids is 1. The molecule has 0 aliphatic carbocycles. The highest BCUT2D eigenvalue weighted by Gasteiger charge is 2.06. The van der Waals surface area contributed by atoms with Crippen LogP contribution in [0.15, 0.2) is 18.2 Å². The number of nitrogens with two attached hydrogens (primary N) is 1. The summed E-state index contributed by atoms with van der Waals surface area (Å²) in [6.07, 6.45) is 0.481. The van der Waals surface area contributed by atoms with E-state index in [1.165, 1.54) is 0 Å². The number of hydrogen-bond acceptors (Lipinski definition) is 3. The van der Waals surface area contributed by atoms with Crippen molar-refractivity contribution < 1.29 is 4.79 Å². The van der Waals surface area contributed by atoms with E-state index in [4.69, 9.17) is 17.3 Å². The number of thioether (sulfide) groups is 1.